The molecule has 0 unspecified atom stereocenters. The summed E-state index contributed by atoms with van der Waals surface area (Å²) in [5, 5.41) is 10.8. The molecule has 0 saturated carbocycles. The Morgan fingerprint density at radius 2 is 2.24 bits per heavy atom. The van der Waals surface area contributed by atoms with E-state index in [2.05, 4.69) is 14.8 Å². The fourth-order valence-electron chi connectivity index (χ4n) is 4.73. The number of H-pyrrole nitrogens is 1. The van der Waals surface area contributed by atoms with Crippen LogP contribution >= 0.6 is 0 Å². The first-order valence-corrected chi connectivity index (χ1v) is 8.80. The van der Waals surface area contributed by atoms with Crippen LogP contribution in [0.3, 0.4) is 0 Å². The van der Waals surface area contributed by atoms with Crippen molar-refractivity contribution in [2.24, 2.45) is 11.3 Å². The maximum Gasteiger partial charge on any atom is 0.312 e. The highest BCUT2D eigenvalue weighted by Gasteiger charge is 2.54. The van der Waals surface area contributed by atoms with E-state index in [1.54, 1.807) is 12.1 Å². The lowest BCUT2D eigenvalue weighted by Crippen LogP contribution is -2.52. The Morgan fingerprint density at radius 1 is 1.44 bits per heavy atom. The number of rotatable bonds is 3. The van der Waals surface area contributed by atoms with Gasteiger partial charge in [0.2, 0.25) is 0 Å². The van der Waals surface area contributed by atoms with Crippen molar-refractivity contribution in [3.8, 4) is 0 Å². The van der Waals surface area contributed by atoms with Gasteiger partial charge in [-0.2, -0.15) is 0 Å². The van der Waals surface area contributed by atoms with E-state index in [0.717, 1.165) is 41.7 Å². The Labute approximate surface area is 146 Å². The first-order chi connectivity index (χ1) is 11.9. The van der Waals surface area contributed by atoms with Crippen LogP contribution in [-0.4, -0.2) is 59.1 Å². The first-order valence-electron chi connectivity index (χ1n) is 8.80. The third-order valence-electron chi connectivity index (χ3n) is 6.11. The zero-order chi connectivity index (χ0) is 17.8. The van der Waals surface area contributed by atoms with Gasteiger partial charge in [-0.25, -0.2) is 4.39 Å². The lowest BCUT2D eigenvalue weighted by molar-refractivity contribution is -0.153. The van der Waals surface area contributed by atoms with E-state index < -0.39 is 11.4 Å². The molecule has 25 heavy (non-hydrogen) atoms. The number of nitrogens with one attached hydrogen (secondary N) is 1. The summed E-state index contributed by atoms with van der Waals surface area (Å²) in [6.07, 6.45) is 0.927. The molecule has 0 spiro atoms. The molecule has 2 saturated heterocycles. The largest absolute Gasteiger partial charge is 0.481 e. The fraction of sp³-hybridized carbons (Fsp3) is 0.526. The van der Waals surface area contributed by atoms with Crippen molar-refractivity contribution in [2.75, 3.05) is 33.2 Å². The van der Waals surface area contributed by atoms with Crippen molar-refractivity contribution in [1.29, 1.82) is 0 Å². The van der Waals surface area contributed by atoms with E-state index >= 15 is 0 Å². The fourth-order valence-corrected chi connectivity index (χ4v) is 4.73. The second-order valence-electron chi connectivity index (χ2n) is 7.77. The number of fused-ring (bicyclic) bond motifs is 2. The van der Waals surface area contributed by atoms with Gasteiger partial charge in [0.15, 0.2) is 0 Å². The molecular formula is C19H24FN3O2. The molecule has 2 fully saturated rings. The zero-order valence-corrected chi connectivity index (χ0v) is 14.7. The van der Waals surface area contributed by atoms with E-state index in [0.29, 0.717) is 19.6 Å². The smallest absolute Gasteiger partial charge is 0.312 e. The molecule has 1 aromatic heterocycles. The van der Waals surface area contributed by atoms with Gasteiger partial charge in [-0.1, -0.05) is 0 Å². The second kappa shape index (κ2) is 5.81. The summed E-state index contributed by atoms with van der Waals surface area (Å²) in [7, 11) is 2.00. The standard InChI is InChI=1S/C19H24FN3O2/c1-12-15-7-14(20)3-4-16(15)21-17(12)9-23-8-13-5-6-22(2)10-19(13,11-23)18(24)25/h3-4,7,13,21H,5-6,8-11H2,1-2H3,(H,24,25)/t13-,19-/m0/s1. The molecule has 2 aliphatic heterocycles. The molecule has 4 rings (SSSR count). The highest BCUT2D eigenvalue weighted by Crippen LogP contribution is 2.42. The molecule has 134 valence electrons. The predicted molar refractivity (Wildman–Crippen MR) is 93.9 cm³/mol. The van der Waals surface area contributed by atoms with Gasteiger partial charge in [0.05, 0.1) is 5.41 Å². The highest BCUT2D eigenvalue weighted by atomic mass is 19.1. The van der Waals surface area contributed by atoms with Crippen LogP contribution in [0.4, 0.5) is 4.39 Å². The Balaban J connectivity index is 1.60. The lowest BCUT2D eigenvalue weighted by Gasteiger charge is -2.39. The summed E-state index contributed by atoms with van der Waals surface area (Å²) in [5.41, 5.74) is 2.36. The number of aromatic nitrogens is 1. The van der Waals surface area contributed by atoms with E-state index in [4.69, 9.17) is 0 Å². The summed E-state index contributed by atoms with van der Waals surface area (Å²) in [4.78, 5) is 19.8. The third kappa shape index (κ3) is 2.64. The average molecular weight is 345 g/mol. The number of halogens is 1. The molecule has 0 radical (unpaired) electrons. The van der Waals surface area contributed by atoms with Gasteiger partial charge in [-0.15, -0.1) is 0 Å². The summed E-state index contributed by atoms with van der Waals surface area (Å²) in [5.74, 6) is -0.716. The molecule has 1 aromatic carbocycles. The number of carbonyl (C=O) groups is 1. The summed E-state index contributed by atoms with van der Waals surface area (Å²) in [6.45, 7) is 5.62. The van der Waals surface area contributed by atoms with Gasteiger partial charge in [0.1, 0.15) is 5.82 Å². The molecule has 0 amide bonds. The lowest BCUT2D eigenvalue weighted by atomic mass is 9.73. The molecule has 6 heteroatoms. The molecule has 2 N–H and O–H groups in total. The summed E-state index contributed by atoms with van der Waals surface area (Å²) >= 11 is 0. The van der Waals surface area contributed by atoms with Crippen LogP contribution in [0.2, 0.25) is 0 Å². The Bertz CT molecular complexity index is 833. The molecule has 0 aliphatic carbocycles. The maximum atomic E-state index is 13.5. The quantitative estimate of drug-likeness (QED) is 0.897. The number of likely N-dealkylation sites (tertiary alicyclic amines) is 2. The van der Waals surface area contributed by atoms with Gasteiger partial charge in [0, 0.05) is 42.8 Å². The van der Waals surface area contributed by atoms with Gasteiger partial charge < -0.3 is 15.0 Å². The maximum absolute atomic E-state index is 13.5. The van der Waals surface area contributed by atoms with Crippen LogP contribution in [-0.2, 0) is 11.3 Å². The van der Waals surface area contributed by atoms with E-state index in [1.165, 1.54) is 6.07 Å². The minimum atomic E-state index is -0.679. The van der Waals surface area contributed by atoms with Crippen molar-refractivity contribution in [3.05, 3.63) is 35.3 Å². The number of benzene rings is 1. The van der Waals surface area contributed by atoms with Gasteiger partial charge in [-0.3, -0.25) is 9.69 Å². The zero-order valence-electron chi connectivity index (χ0n) is 14.7. The van der Waals surface area contributed by atoms with Crippen molar-refractivity contribution >= 4 is 16.9 Å². The van der Waals surface area contributed by atoms with Gasteiger partial charge >= 0.3 is 5.97 Å². The molecule has 2 aliphatic rings. The summed E-state index contributed by atoms with van der Waals surface area (Å²) in [6, 6.07) is 4.78. The number of hydrogen-bond acceptors (Lipinski definition) is 3. The van der Waals surface area contributed by atoms with Crippen LogP contribution in [0.25, 0.3) is 10.9 Å². The minimum Gasteiger partial charge on any atom is -0.481 e. The molecular weight excluding hydrogens is 321 g/mol. The highest BCUT2D eigenvalue weighted by molar-refractivity contribution is 5.84. The molecule has 2 atom stereocenters. The molecule has 3 heterocycles. The van der Waals surface area contributed by atoms with Crippen LogP contribution < -0.4 is 0 Å². The van der Waals surface area contributed by atoms with Crippen molar-refractivity contribution in [1.82, 2.24) is 14.8 Å². The van der Waals surface area contributed by atoms with Gasteiger partial charge in [-0.05, 0) is 56.6 Å². The van der Waals surface area contributed by atoms with Crippen LogP contribution in [0.5, 0.6) is 0 Å². The number of aliphatic carboxylic acids is 1. The normalized spacial score (nSPS) is 27.7. The second-order valence-corrected chi connectivity index (χ2v) is 7.77. The Morgan fingerprint density at radius 3 is 3.00 bits per heavy atom. The van der Waals surface area contributed by atoms with Crippen molar-refractivity contribution in [3.63, 3.8) is 0 Å². The minimum absolute atomic E-state index is 0.198. The summed E-state index contributed by atoms with van der Waals surface area (Å²) < 4.78 is 13.5. The monoisotopic (exact) mass is 345 g/mol. The number of piperidine rings is 1. The number of carboxylic acids is 1. The number of nitrogens with zero attached hydrogens (tertiary/aromatic N) is 2. The number of carboxylic acid groups (broad SMARTS) is 1. The van der Waals surface area contributed by atoms with Crippen molar-refractivity contribution < 1.29 is 14.3 Å². The third-order valence-corrected chi connectivity index (χ3v) is 6.11. The number of aryl methyl sites for hydroxylation is 1. The predicted octanol–water partition coefficient (Wildman–Crippen LogP) is 2.45. The molecule has 0 bridgehead atoms. The van der Waals surface area contributed by atoms with Crippen LogP contribution in [0, 0.1) is 24.1 Å². The Hall–Kier alpha value is -1.92. The van der Waals surface area contributed by atoms with E-state index in [9.17, 15) is 14.3 Å². The average Bonchev–Trinajstić information content (AvgIpc) is 3.07. The van der Waals surface area contributed by atoms with Crippen LogP contribution in [0.1, 0.15) is 17.7 Å². The van der Waals surface area contributed by atoms with Gasteiger partial charge in [0.25, 0.3) is 0 Å². The van der Waals surface area contributed by atoms with E-state index in [-0.39, 0.29) is 11.7 Å². The molecule has 2 aromatic rings. The van der Waals surface area contributed by atoms with Crippen molar-refractivity contribution in [2.45, 2.75) is 19.9 Å². The van der Waals surface area contributed by atoms with E-state index in [1.807, 2.05) is 14.0 Å². The molecule has 5 nitrogen and oxygen atoms in total. The SMILES string of the molecule is Cc1c(CN2C[C@@H]3CCN(C)C[C@]3(C(=O)O)C2)[nH]c2ccc(F)cc12. The Kier molecular flexibility index (Phi) is 3.85. The first kappa shape index (κ1) is 16.5. The van der Waals surface area contributed by atoms with Crippen LogP contribution in [0.15, 0.2) is 18.2 Å². The number of aromatic amines is 1. The topological polar surface area (TPSA) is 59.6 Å². The number of hydrogen-bond donors (Lipinski definition) is 2.